The number of nitriles is 1. The second kappa shape index (κ2) is 7.98. The first kappa shape index (κ1) is 17.9. The molecule has 1 saturated heterocycles. The van der Waals surface area contributed by atoms with Crippen LogP contribution in [0, 0.1) is 17.1 Å². The normalized spacial score (nSPS) is 14.0. The summed E-state index contributed by atoms with van der Waals surface area (Å²) in [5.74, 6) is -0.345. The molecule has 134 valence electrons. The molecule has 0 aliphatic carbocycles. The van der Waals surface area contributed by atoms with Crippen molar-refractivity contribution in [2.24, 2.45) is 0 Å². The number of hydrogen-bond donors (Lipinski definition) is 1. The molecule has 0 unspecified atom stereocenters. The third-order valence-corrected chi connectivity index (χ3v) is 4.39. The third-order valence-electron chi connectivity index (χ3n) is 4.39. The molecule has 6 heteroatoms. The predicted molar refractivity (Wildman–Crippen MR) is 97.9 cm³/mol. The summed E-state index contributed by atoms with van der Waals surface area (Å²) in [6.07, 6.45) is 0. The van der Waals surface area contributed by atoms with Crippen molar-refractivity contribution < 1.29 is 13.9 Å². The average Bonchev–Trinajstić information content (AvgIpc) is 2.66. The number of morpholine rings is 1. The van der Waals surface area contributed by atoms with E-state index in [0.717, 1.165) is 5.56 Å². The number of nitrogens with zero attached hydrogens (tertiary/aromatic N) is 2. The Labute approximate surface area is 152 Å². The number of rotatable bonds is 5. The largest absolute Gasteiger partial charge is 0.380 e. The smallest absolute Gasteiger partial charge is 0.159 e. The third kappa shape index (κ3) is 4.01. The molecule has 2 aromatic rings. The van der Waals surface area contributed by atoms with Crippen molar-refractivity contribution in [2.45, 2.75) is 13.5 Å². The lowest BCUT2D eigenvalue weighted by Crippen LogP contribution is -2.36. The van der Waals surface area contributed by atoms with Gasteiger partial charge in [-0.2, -0.15) is 5.26 Å². The van der Waals surface area contributed by atoms with Gasteiger partial charge in [0.25, 0.3) is 0 Å². The number of halogens is 1. The van der Waals surface area contributed by atoms with E-state index in [9.17, 15) is 14.4 Å². The quantitative estimate of drug-likeness (QED) is 0.835. The molecular formula is C20H20FN3O2. The minimum Gasteiger partial charge on any atom is -0.380 e. The molecular weight excluding hydrogens is 333 g/mol. The van der Waals surface area contributed by atoms with Gasteiger partial charge in [0.15, 0.2) is 5.78 Å². The van der Waals surface area contributed by atoms with Crippen LogP contribution in [-0.2, 0) is 11.3 Å². The second-order valence-electron chi connectivity index (χ2n) is 6.17. The van der Waals surface area contributed by atoms with Crippen LogP contribution in [0.4, 0.5) is 15.8 Å². The maximum atomic E-state index is 14.5. The lowest BCUT2D eigenvalue weighted by Gasteiger charge is -2.29. The summed E-state index contributed by atoms with van der Waals surface area (Å²) < 4.78 is 19.8. The molecule has 0 saturated carbocycles. The van der Waals surface area contributed by atoms with Crippen LogP contribution in [0.5, 0.6) is 0 Å². The SMILES string of the molecule is CC(=O)c1ccc(C#N)c(NCc2ccc(N3CCOCC3)c(F)c2)c1. The van der Waals surface area contributed by atoms with Crippen molar-refractivity contribution in [2.75, 3.05) is 36.5 Å². The van der Waals surface area contributed by atoms with E-state index in [1.54, 1.807) is 24.3 Å². The Bertz CT molecular complexity index is 855. The van der Waals surface area contributed by atoms with Crippen molar-refractivity contribution in [1.82, 2.24) is 0 Å². The van der Waals surface area contributed by atoms with Crippen molar-refractivity contribution in [1.29, 1.82) is 5.26 Å². The number of benzene rings is 2. The summed E-state index contributed by atoms with van der Waals surface area (Å²) in [7, 11) is 0. The molecule has 1 fully saturated rings. The van der Waals surface area contributed by atoms with E-state index in [-0.39, 0.29) is 11.6 Å². The first-order chi connectivity index (χ1) is 12.6. The predicted octanol–water partition coefficient (Wildman–Crippen LogP) is 3.35. The first-order valence-corrected chi connectivity index (χ1v) is 8.48. The maximum Gasteiger partial charge on any atom is 0.159 e. The zero-order valence-electron chi connectivity index (χ0n) is 14.6. The van der Waals surface area contributed by atoms with Gasteiger partial charge in [0.1, 0.15) is 11.9 Å². The number of Topliss-reactive ketones (excluding diaryl/α,β-unsaturated/α-hetero) is 1. The van der Waals surface area contributed by atoms with Crippen LogP contribution in [0.15, 0.2) is 36.4 Å². The Kier molecular flexibility index (Phi) is 5.49. The number of ether oxygens (including phenoxy) is 1. The van der Waals surface area contributed by atoms with Crippen molar-refractivity contribution in [3.63, 3.8) is 0 Å². The average molecular weight is 353 g/mol. The number of nitrogens with one attached hydrogen (secondary N) is 1. The Morgan fingerprint density at radius 2 is 2.04 bits per heavy atom. The van der Waals surface area contributed by atoms with Gasteiger partial charge in [-0.15, -0.1) is 0 Å². The fourth-order valence-corrected chi connectivity index (χ4v) is 2.93. The number of carbonyl (C=O) groups is 1. The van der Waals surface area contributed by atoms with E-state index in [1.165, 1.54) is 13.0 Å². The molecule has 3 rings (SSSR count). The maximum absolute atomic E-state index is 14.5. The molecule has 1 N–H and O–H groups in total. The van der Waals surface area contributed by atoms with Gasteiger partial charge in [0.2, 0.25) is 0 Å². The summed E-state index contributed by atoms with van der Waals surface area (Å²) in [6, 6.07) is 12.1. The molecule has 0 bridgehead atoms. The zero-order valence-corrected chi connectivity index (χ0v) is 14.6. The van der Waals surface area contributed by atoms with Gasteiger partial charge >= 0.3 is 0 Å². The molecule has 0 aromatic heterocycles. The van der Waals surface area contributed by atoms with E-state index in [4.69, 9.17) is 4.74 Å². The molecule has 1 aliphatic heterocycles. The molecule has 5 nitrogen and oxygen atoms in total. The van der Waals surface area contributed by atoms with Crippen LogP contribution >= 0.6 is 0 Å². The van der Waals surface area contributed by atoms with Crippen LogP contribution in [0.3, 0.4) is 0 Å². The Hall–Kier alpha value is -2.91. The van der Waals surface area contributed by atoms with Crippen LogP contribution in [0.1, 0.15) is 28.4 Å². The van der Waals surface area contributed by atoms with Gasteiger partial charge in [-0.3, -0.25) is 4.79 Å². The van der Waals surface area contributed by atoms with Crippen LogP contribution in [-0.4, -0.2) is 32.1 Å². The molecule has 0 atom stereocenters. The number of ketones is 1. The van der Waals surface area contributed by atoms with Crippen molar-refractivity contribution >= 4 is 17.2 Å². The van der Waals surface area contributed by atoms with Crippen LogP contribution in [0.25, 0.3) is 0 Å². The minimum atomic E-state index is -0.274. The Morgan fingerprint density at radius 3 is 2.69 bits per heavy atom. The Balaban J connectivity index is 1.74. The second-order valence-corrected chi connectivity index (χ2v) is 6.17. The summed E-state index contributed by atoms with van der Waals surface area (Å²) in [5.41, 5.74) is 2.88. The number of hydrogen-bond acceptors (Lipinski definition) is 5. The highest BCUT2D eigenvalue weighted by Crippen LogP contribution is 2.23. The zero-order chi connectivity index (χ0) is 18.5. The van der Waals surface area contributed by atoms with Crippen LogP contribution in [0.2, 0.25) is 0 Å². The van der Waals surface area contributed by atoms with Gasteiger partial charge in [-0.05, 0) is 42.8 Å². The van der Waals surface area contributed by atoms with Crippen LogP contribution < -0.4 is 10.2 Å². The minimum absolute atomic E-state index is 0.0709. The molecule has 2 aromatic carbocycles. The Morgan fingerprint density at radius 1 is 1.27 bits per heavy atom. The van der Waals surface area contributed by atoms with Gasteiger partial charge in [-0.1, -0.05) is 6.07 Å². The monoisotopic (exact) mass is 353 g/mol. The van der Waals surface area contributed by atoms with Gasteiger partial charge in [0, 0.05) is 25.2 Å². The molecule has 1 aliphatic rings. The molecule has 0 radical (unpaired) electrons. The van der Waals surface area contributed by atoms with Gasteiger partial charge in [0.05, 0.1) is 30.2 Å². The van der Waals surface area contributed by atoms with Crippen molar-refractivity contribution in [3.05, 3.63) is 58.9 Å². The lowest BCUT2D eigenvalue weighted by molar-refractivity contribution is 0.101. The highest BCUT2D eigenvalue weighted by molar-refractivity contribution is 5.95. The summed E-state index contributed by atoms with van der Waals surface area (Å²) in [5, 5.41) is 12.3. The highest BCUT2D eigenvalue weighted by Gasteiger charge is 2.15. The van der Waals surface area contributed by atoms with E-state index in [1.807, 2.05) is 11.0 Å². The molecule has 26 heavy (non-hydrogen) atoms. The van der Waals surface area contributed by atoms with E-state index in [2.05, 4.69) is 11.4 Å². The fourth-order valence-electron chi connectivity index (χ4n) is 2.93. The summed E-state index contributed by atoms with van der Waals surface area (Å²) >= 11 is 0. The molecule has 1 heterocycles. The lowest BCUT2D eigenvalue weighted by atomic mass is 10.1. The number of carbonyl (C=O) groups excluding carboxylic acids is 1. The van der Waals surface area contributed by atoms with E-state index >= 15 is 0 Å². The molecule has 0 spiro atoms. The fraction of sp³-hybridized carbons (Fsp3) is 0.300. The van der Waals surface area contributed by atoms with Gasteiger partial charge < -0.3 is 15.0 Å². The number of anilines is 2. The topological polar surface area (TPSA) is 65.4 Å². The van der Waals surface area contributed by atoms with E-state index < -0.39 is 0 Å². The van der Waals surface area contributed by atoms with Gasteiger partial charge in [-0.25, -0.2) is 4.39 Å². The molecule has 0 amide bonds. The summed E-state index contributed by atoms with van der Waals surface area (Å²) in [4.78, 5) is 13.5. The standard InChI is InChI=1S/C20H20FN3O2/c1-14(25)16-3-4-17(12-22)19(11-16)23-13-15-2-5-20(18(21)10-15)24-6-8-26-9-7-24/h2-5,10-11,23H,6-9,13H2,1H3. The van der Waals surface area contributed by atoms with E-state index in [0.29, 0.717) is 55.3 Å². The highest BCUT2D eigenvalue weighted by atomic mass is 19.1. The van der Waals surface area contributed by atoms with Crippen molar-refractivity contribution in [3.8, 4) is 6.07 Å². The first-order valence-electron chi connectivity index (χ1n) is 8.48. The summed E-state index contributed by atoms with van der Waals surface area (Å²) in [6.45, 7) is 4.40.